The summed E-state index contributed by atoms with van der Waals surface area (Å²) in [4.78, 5) is 35.0. The number of carboxylic acids is 1. The van der Waals surface area contributed by atoms with E-state index in [0.29, 0.717) is 4.90 Å². The summed E-state index contributed by atoms with van der Waals surface area (Å²) in [7, 11) is 0. The maximum atomic E-state index is 11.9. The lowest BCUT2D eigenvalue weighted by Gasteiger charge is -2.22. The Balaban J connectivity index is 2.75. The number of carbonyl (C=O) groups excluding carboxylic acids is 2. The lowest BCUT2D eigenvalue weighted by atomic mass is 10.2. The van der Waals surface area contributed by atoms with Gasteiger partial charge < -0.3 is 14.6 Å². The smallest absolute Gasteiger partial charge is 0.420 e. The van der Waals surface area contributed by atoms with Crippen LogP contribution in [0.5, 0.6) is 0 Å². The molecule has 114 valence electrons. The molecule has 0 saturated carbocycles. The van der Waals surface area contributed by atoms with E-state index in [4.69, 9.17) is 9.84 Å². The number of amides is 2. The van der Waals surface area contributed by atoms with Crippen LogP contribution in [0.4, 0.5) is 9.59 Å². The fourth-order valence-corrected chi connectivity index (χ4v) is 1.48. The molecule has 0 aliphatic carbocycles. The average molecular weight is 295 g/mol. The predicted molar refractivity (Wildman–Crippen MR) is 72.6 cm³/mol. The van der Waals surface area contributed by atoms with Crippen molar-refractivity contribution in [3.8, 4) is 0 Å². The number of hydrogen-bond acceptors (Lipinski definition) is 5. The van der Waals surface area contributed by atoms with Gasteiger partial charge in [-0.3, -0.25) is 0 Å². The standard InChI is InChI=1S/C14H17NO6/c1-3-20-13(18)15(10(2)12(16)17)14(19)21-9-11-7-5-4-6-8-11/h4-8,10H,3,9H2,1-2H3,(H,16,17)/t10-/m0/s1. The Morgan fingerprint density at radius 1 is 1.14 bits per heavy atom. The van der Waals surface area contributed by atoms with Gasteiger partial charge in [-0.15, -0.1) is 0 Å². The third-order valence-corrected chi connectivity index (χ3v) is 2.61. The molecule has 1 atom stereocenters. The minimum atomic E-state index is -1.38. The topological polar surface area (TPSA) is 93.1 Å². The molecule has 0 bridgehead atoms. The minimum Gasteiger partial charge on any atom is -0.480 e. The molecule has 0 heterocycles. The highest BCUT2D eigenvalue weighted by atomic mass is 16.6. The van der Waals surface area contributed by atoms with Crippen LogP contribution in [0.25, 0.3) is 0 Å². The zero-order chi connectivity index (χ0) is 15.8. The van der Waals surface area contributed by atoms with Crippen LogP contribution in [0.2, 0.25) is 0 Å². The number of rotatable bonds is 5. The molecule has 2 amide bonds. The maximum absolute atomic E-state index is 11.9. The summed E-state index contributed by atoms with van der Waals surface area (Å²) < 4.78 is 9.62. The summed E-state index contributed by atoms with van der Waals surface area (Å²) in [6, 6.07) is 7.44. The van der Waals surface area contributed by atoms with E-state index in [-0.39, 0.29) is 13.2 Å². The van der Waals surface area contributed by atoms with Gasteiger partial charge in [-0.1, -0.05) is 30.3 Å². The Kier molecular flexibility index (Phi) is 6.19. The molecular weight excluding hydrogens is 278 g/mol. The molecule has 7 heteroatoms. The van der Waals surface area contributed by atoms with Crippen molar-refractivity contribution in [3.05, 3.63) is 35.9 Å². The Labute approximate surface area is 122 Å². The van der Waals surface area contributed by atoms with Gasteiger partial charge in [-0.25, -0.2) is 14.4 Å². The van der Waals surface area contributed by atoms with Crippen LogP contribution in [0.3, 0.4) is 0 Å². The summed E-state index contributed by atoms with van der Waals surface area (Å²) in [6.45, 7) is 2.70. The van der Waals surface area contributed by atoms with E-state index >= 15 is 0 Å². The van der Waals surface area contributed by atoms with Crippen LogP contribution in [0.15, 0.2) is 30.3 Å². The first kappa shape index (κ1) is 16.5. The Bertz CT molecular complexity index is 501. The quantitative estimate of drug-likeness (QED) is 0.895. The number of ether oxygens (including phenoxy) is 2. The minimum absolute atomic E-state index is 0.0215. The summed E-state index contributed by atoms with van der Waals surface area (Å²) in [5.74, 6) is -1.33. The average Bonchev–Trinajstić information content (AvgIpc) is 2.46. The predicted octanol–water partition coefficient (Wildman–Crippen LogP) is 2.25. The Hall–Kier alpha value is -2.57. The van der Waals surface area contributed by atoms with Crippen molar-refractivity contribution in [1.82, 2.24) is 4.90 Å². The number of benzene rings is 1. The van der Waals surface area contributed by atoms with Crippen LogP contribution in [0.1, 0.15) is 19.4 Å². The van der Waals surface area contributed by atoms with Gasteiger partial charge in [0.15, 0.2) is 0 Å². The van der Waals surface area contributed by atoms with Gasteiger partial charge in [0, 0.05) is 0 Å². The molecule has 0 spiro atoms. The van der Waals surface area contributed by atoms with Gasteiger partial charge in [-0.05, 0) is 19.4 Å². The first-order valence-corrected chi connectivity index (χ1v) is 6.36. The zero-order valence-corrected chi connectivity index (χ0v) is 11.8. The molecular formula is C14H17NO6. The Morgan fingerprint density at radius 3 is 2.24 bits per heavy atom. The van der Waals surface area contributed by atoms with Crippen LogP contribution in [0, 0.1) is 0 Å². The lowest BCUT2D eigenvalue weighted by molar-refractivity contribution is -0.141. The molecule has 0 aliphatic heterocycles. The molecule has 0 fully saturated rings. The summed E-state index contributed by atoms with van der Waals surface area (Å²) in [6.07, 6.45) is -2.11. The van der Waals surface area contributed by atoms with Crippen LogP contribution < -0.4 is 0 Å². The third-order valence-electron chi connectivity index (χ3n) is 2.61. The van der Waals surface area contributed by atoms with Gasteiger partial charge in [0.2, 0.25) is 0 Å². The SMILES string of the molecule is CCOC(=O)N(C(=O)OCc1ccccc1)[C@@H](C)C(=O)O. The van der Waals surface area contributed by atoms with E-state index in [2.05, 4.69) is 4.74 Å². The van der Waals surface area contributed by atoms with Crippen molar-refractivity contribution >= 4 is 18.2 Å². The van der Waals surface area contributed by atoms with Crippen molar-refractivity contribution in [3.63, 3.8) is 0 Å². The van der Waals surface area contributed by atoms with Gasteiger partial charge in [-0.2, -0.15) is 4.90 Å². The molecule has 0 radical (unpaired) electrons. The van der Waals surface area contributed by atoms with Crippen LogP contribution in [-0.4, -0.2) is 40.8 Å². The molecule has 0 aliphatic rings. The second-order valence-electron chi connectivity index (χ2n) is 4.12. The first-order chi connectivity index (χ1) is 9.97. The summed E-state index contributed by atoms with van der Waals surface area (Å²) in [5, 5.41) is 8.95. The van der Waals surface area contributed by atoms with Crippen molar-refractivity contribution in [2.24, 2.45) is 0 Å². The van der Waals surface area contributed by atoms with Crippen molar-refractivity contribution < 1.29 is 29.0 Å². The molecule has 1 aromatic rings. The first-order valence-electron chi connectivity index (χ1n) is 6.36. The maximum Gasteiger partial charge on any atom is 0.420 e. The van der Waals surface area contributed by atoms with Crippen molar-refractivity contribution in [2.75, 3.05) is 6.61 Å². The van der Waals surface area contributed by atoms with Crippen LogP contribution in [-0.2, 0) is 20.9 Å². The molecule has 1 N–H and O–H groups in total. The number of carboxylic acid groups (broad SMARTS) is 1. The molecule has 0 unspecified atom stereocenters. The van der Waals surface area contributed by atoms with Crippen molar-refractivity contribution in [2.45, 2.75) is 26.5 Å². The third kappa shape index (κ3) is 4.79. The van der Waals surface area contributed by atoms with E-state index in [0.717, 1.165) is 5.56 Å². The number of nitrogens with zero attached hydrogens (tertiary/aromatic N) is 1. The fourth-order valence-electron chi connectivity index (χ4n) is 1.48. The van der Waals surface area contributed by atoms with Gasteiger partial charge in [0.1, 0.15) is 12.6 Å². The van der Waals surface area contributed by atoms with E-state index < -0.39 is 24.2 Å². The number of imide groups is 1. The van der Waals surface area contributed by atoms with E-state index in [1.54, 1.807) is 31.2 Å². The number of hydrogen-bond donors (Lipinski definition) is 1. The fraction of sp³-hybridized carbons (Fsp3) is 0.357. The second kappa shape index (κ2) is 7.88. The second-order valence-corrected chi connectivity index (χ2v) is 4.12. The van der Waals surface area contributed by atoms with Gasteiger partial charge in [0.25, 0.3) is 0 Å². The Morgan fingerprint density at radius 2 is 1.71 bits per heavy atom. The van der Waals surface area contributed by atoms with E-state index in [1.807, 2.05) is 6.07 Å². The monoisotopic (exact) mass is 295 g/mol. The highest BCUT2D eigenvalue weighted by molar-refractivity contribution is 5.93. The normalized spacial score (nSPS) is 11.3. The highest BCUT2D eigenvalue weighted by Crippen LogP contribution is 2.09. The van der Waals surface area contributed by atoms with E-state index in [9.17, 15) is 14.4 Å². The highest BCUT2D eigenvalue weighted by Gasteiger charge is 2.34. The molecule has 21 heavy (non-hydrogen) atoms. The summed E-state index contributed by atoms with van der Waals surface area (Å²) >= 11 is 0. The molecule has 0 saturated heterocycles. The molecule has 1 rings (SSSR count). The molecule has 0 aromatic heterocycles. The largest absolute Gasteiger partial charge is 0.480 e. The number of aliphatic carboxylic acids is 1. The summed E-state index contributed by atoms with van der Waals surface area (Å²) in [5.41, 5.74) is 0.720. The molecule has 7 nitrogen and oxygen atoms in total. The number of carbonyl (C=O) groups is 3. The zero-order valence-electron chi connectivity index (χ0n) is 11.8. The van der Waals surface area contributed by atoms with Crippen molar-refractivity contribution in [1.29, 1.82) is 0 Å². The molecule has 1 aromatic carbocycles. The van der Waals surface area contributed by atoms with E-state index in [1.165, 1.54) is 6.92 Å². The van der Waals surface area contributed by atoms with Gasteiger partial charge in [0.05, 0.1) is 6.61 Å². The lowest BCUT2D eigenvalue weighted by Crippen LogP contribution is -2.47. The van der Waals surface area contributed by atoms with Crippen LogP contribution >= 0.6 is 0 Å². The van der Waals surface area contributed by atoms with Gasteiger partial charge >= 0.3 is 18.2 Å².